The first kappa shape index (κ1) is 16.7. The molecule has 138 valence electrons. The van der Waals surface area contributed by atoms with Gasteiger partial charge in [0, 0.05) is 26.7 Å². The van der Waals surface area contributed by atoms with Crippen LogP contribution in [0.25, 0.3) is 0 Å². The minimum absolute atomic E-state index is 0.0817. The molecule has 0 radical (unpaired) electrons. The van der Waals surface area contributed by atoms with Crippen molar-refractivity contribution in [3.8, 4) is 0 Å². The average Bonchev–Trinajstić information content (AvgIpc) is 3.02. The van der Waals surface area contributed by atoms with E-state index in [1.165, 1.54) is 20.8 Å². The maximum Gasteiger partial charge on any atom is 0.303 e. The molecule has 4 fully saturated rings. The van der Waals surface area contributed by atoms with Gasteiger partial charge in [0.2, 0.25) is 0 Å². The molecule has 3 aliphatic heterocycles. The zero-order valence-electron chi connectivity index (χ0n) is 14.1. The van der Waals surface area contributed by atoms with E-state index in [1.807, 2.05) is 0 Å². The highest BCUT2D eigenvalue weighted by Gasteiger charge is 2.82. The van der Waals surface area contributed by atoms with Crippen LogP contribution in [-0.4, -0.2) is 67.4 Å². The Morgan fingerprint density at radius 2 is 1.72 bits per heavy atom. The number of ether oxygens (including phenoxy) is 6. The Hall–Kier alpha value is -1.71. The van der Waals surface area contributed by atoms with Gasteiger partial charge in [-0.15, -0.1) is 0 Å². The van der Waals surface area contributed by atoms with Crippen LogP contribution in [0.1, 0.15) is 20.8 Å². The minimum atomic E-state index is -0.725. The Kier molecular flexibility index (Phi) is 3.78. The van der Waals surface area contributed by atoms with E-state index in [4.69, 9.17) is 28.4 Å². The smallest absolute Gasteiger partial charge is 0.303 e. The maximum atomic E-state index is 11.6. The summed E-state index contributed by atoms with van der Waals surface area (Å²) < 4.78 is 33.4. The fourth-order valence-electron chi connectivity index (χ4n) is 4.51. The van der Waals surface area contributed by atoms with Gasteiger partial charge in [-0.3, -0.25) is 14.4 Å². The van der Waals surface area contributed by atoms with Crippen molar-refractivity contribution in [1.29, 1.82) is 0 Å². The van der Waals surface area contributed by atoms with E-state index >= 15 is 0 Å². The summed E-state index contributed by atoms with van der Waals surface area (Å²) in [5.41, 5.74) is -0.555. The Labute approximate surface area is 143 Å². The quantitative estimate of drug-likeness (QED) is 0.376. The Bertz CT molecular complexity index is 619. The highest BCUT2D eigenvalue weighted by Crippen LogP contribution is 2.65. The number of rotatable bonds is 4. The van der Waals surface area contributed by atoms with Crippen LogP contribution >= 0.6 is 0 Å². The largest absolute Gasteiger partial charge is 0.463 e. The molecule has 0 aromatic heterocycles. The van der Waals surface area contributed by atoms with E-state index in [2.05, 4.69) is 0 Å². The number of carbonyl (C=O) groups excluding carboxylic acids is 3. The highest BCUT2D eigenvalue weighted by atomic mass is 16.7. The molecule has 4 rings (SSSR count). The zero-order chi connectivity index (χ0) is 17.9. The monoisotopic (exact) mass is 356 g/mol. The molecule has 4 aliphatic rings. The highest BCUT2D eigenvalue weighted by molar-refractivity contribution is 5.67. The summed E-state index contributed by atoms with van der Waals surface area (Å²) in [6.45, 7) is 4.15. The van der Waals surface area contributed by atoms with Crippen molar-refractivity contribution in [3.63, 3.8) is 0 Å². The van der Waals surface area contributed by atoms with Gasteiger partial charge in [-0.25, -0.2) is 0 Å². The summed E-state index contributed by atoms with van der Waals surface area (Å²) in [5, 5.41) is 0. The van der Waals surface area contributed by atoms with E-state index in [1.54, 1.807) is 0 Å². The van der Waals surface area contributed by atoms with Gasteiger partial charge in [0.1, 0.15) is 36.6 Å². The van der Waals surface area contributed by atoms with E-state index in [9.17, 15) is 14.4 Å². The lowest BCUT2D eigenvalue weighted by atomic mass is 9.80. The molecule has 8 atom stereocenters. The van der Waals surface area contributed by atoms with Crippen LogP contribution in [0.5, 0.6) is 0 Å². The number of hydrogen-bond donors (Lipinski definition) is 0. The normalized spacial score (nSPS) is 46.0. The first-order valence-electron chi connectivity index (χ1n) is 8.26. The van der Waals surface area contributed by atoms with Crippen LogP contribution in [-0.2, 0) is 42.8 Å². The van der Waals surface area contributed by atoms with Gasteiger partial charge >= 0.3 is 17.9 Å². The number of hydrogen-bond acceptors (Lipinski definition) is 9. The van der Waals surface area contributed by atoms with Gasteiger partial charge in [0.15, 0.2) is 6.29 Å². The predicted molar refractivity (Wildman–Crippen MR) is 76.9 cm³/mol. The lowest BCUT2D eigenvalue weighted by Crippen LogP contribution is -2.57. The van der Waals surface area contributed by atoms with Crippen molar-refractivity contribution in [2.45, 2.75) is 57.1 Å². The summed E-state index contributed by atoms with van der Waals surface area (Å²) in [5.74, 6) is -1.94. The molecule has 0 aromatic rings. The van der Waals surface area contributed by atoms with Gasteiger partial charge in [0.05, 0.1) is 12.5 Å². The number of epoxide rings is 1. The van der Waals surface area contributed by atoms with E-state index < -0.39 is 48.1 Å². The molecule has 0 unspecified atom stereocenters. The molecule has 9 heteroatoms. The minimum Gasteiger partial charge on any atom is -0.463 e. The Balaban J connectivity index is 1.64. The van der Waals surface area contributed by atoms with E-state index in [0.29, 0.717) is 6.61 Å². The summed E-state index contributed by atoms with van der Waals surface area (Å²) in [7, 11) is 0. The predicted octanol–water partition coefficient (Wildman–Crippen LogP) is -0.448. The molecule has 1 spiro atoms. The molecular formula is C16H20O9. The van der Waals surface area contributed by atoms with Crippen LogP contribution in [0.15, 0.2) is 0 Å². The van der Waals surface area contributed by atoms with Crippen LogP contribution in [0.4, 0.5) is 0 Å². The second-order valence-corrected chi connectivity index (χ2v) is 6.90. The molecule has 0 aromatic carbocycles. The van der Waals surface area contributed by atoms with Crippen molar-refractivity contribution >= 4 is 17.9 Å². The first-order chi connectivity index (χ1) is 11.8. The van der Waals surface area contributed by atoms with Gasteiger partial charge < -0.3 is 28.4 Å². The summed E-state index contributed by atoms with van der Waals surface area (Å²) in [4.78, 5) is 34.3. The first-order valence-corrected chi connectivity index (χ1v) is 8.26. The second kappa shape index (κ2) is 5.65. The zero-order valence-corrected chi connectivity index (χ0v) is 14.1. The van der Waals surface area contributed by atoms with Gasteiger partial charge in [-0.1, -0.05) is 0 Å². The third-order valence-corrected chi connectivity index (χ3v) is 5.30. The fourth-order valence-corrected chi connectivity index (χ4v) is 4.51. The third kappa shape index (κ3) is 2.52. The standard InChI is InChI=1S/C16H20O9/c1-6(17)20-4-9-12(22-7(2)18)10-11-15(24-9)21-5-16(11)14(25-16)13(10)23-8(3)19/h9-15H,4-5H2,1-3H3/t9-,10+,11-,12-,13-,14+,15+,16-/m1/s1. The lowest BCUT2D eigenvalue weighted by Gasteiger charge is -2.43. The van der Waals surface area contributed by atoms with Gasteiger partial charge in [-0.2, -0.15) is 0 Å². The van der Waals surface area contributed by atoms with Crippen LogP contribution in [0.2, 0.25) is 0 Å². The van der Waals surface area contributed by atoms with Crippen molar-refractivity contribution < 1.29 is 42.8 Å². The van der Waals surface area contributed by atoms with Crippen molar-refractivity contribution in [2.75, 3.05) is 13.2 Å². The van der Waals surface area contributed by atoms with Crippen LogP contribution < -0.4 is 0 Å². The third-order valence-electron chi connectivity index (χ3n) is 5.30. The van der Waals surface area contributed by atoms with E-state index in [0.717, 1.165) is 0 Å². The summed E-state index contributed by atoms with van der Waals surface area (Å²) in [6, 6.07) is 0. The van der Waals surface area contributed by atoms with Crippen molar-refractivity contribution in [1.82, 2.24) is 0 Å². The molecule has 0 N–H and O–H groups in total. The topological polar surface area (TPSA) is 110 Å². The molecule has 25 heavy (non-hydrogen) atoms. The molecule has 1 saturated carbocycles. The lowest BCUT2D eigenvalue weighted by molar-refractivity contribution is -0.265. The van der Waals surface area contributed by atoms with Gasteiger partial charge in [-0.05, 0) is 0 Å². The maximum absolute atomic E-state index is 11.6. The Morgan fingerprint density at radius 1 is 1.04 bits per heavy atom. The molecule has 3 saturated heterocycles. The number of carbonyl (C=O) groups is 3. The van der Waals surface area contributed by atoms with E-state index in [-0.39, 0.29) is 24.5 Å². The summed E-state index contributed by atoms with van der Waals surface area (Å²) >= 11 is 0. The Morgan fingerprint density at radius 3 is 2.36 bits per heavy atom. The van der Waals surface area contributed by atoms with Crippen molar-refractivity contribution in [3.05, 3.63) is 0 Å². The molecule has 3 heterocycles. The average molecular weight is 356 g/mol. The van der Waals surface area contributed by atoms with Crippen molar-refractivity contribution in [2.24, 2.45) is 11.8 Å². The summed E-state index contributed by atoms with van der Waals surface area (Å²) in [6.07, 6.45) is -2.86. The van der Waals surface area contributed by atoms with Crippen LogP contribution in [0.3, 0.4) is 0 Å². The molecule has 0 bridgehead atoms. The molecule has 0 amide bonds. The fraction of sp³-hybridized carbons (Fsp3) is 0.812. The number of esters is 3. The van der Waals surface area contributed by atoms with Gasteiger partial charge in [0.25, 0.3) is 0 Å². The van der Waals surface area contributed by atoms with Crippen LogP contribution in [0, 0.1) is 11.8 Å². The second-order valence-electron chi connectivity index (χ2n) is 6.90. The molecule has 1 aliphatic carbocycles. The molecule has 9 nitrogen and oxygen atoms in total. The molecular weight excluding hydrogens is 336 g/mol. The SMILES string of the molecule is CC(=O)OC[C@H]1O[C@@H]2OC[C@]34O[C@H]3[C@H](OC(C)=O)[C@H]([C@@H]1OC(C)=O)[C@H]24.